The normalized spacial score (nSPS) is 15.9. The molecule has 1 aliphatic heterocycles. The van der Waals surface area contributed by atoms with Crippen molar-refractivity contribution >= 4 is 29.9 Å². The molecule has 2 N–H and O–H groups in total. The van der Waals surface area contributed by atoms with Gasteiger partial charge in [-0.15, -0.1) is 24.0 Å². The van der Waals surface area contributed by atoms with Crippen LogP contribution in [0.15, 0.2) is 35.3 Å². The second-order valence-corrected chi connectivity index (χ2v) is 7.18. The van der Waals surface area contributed by atoms with Gasteiger partial charge in [-0.2, -0.15) is 5.10 Å². The first kappa shape index (κ1) is 24.5. The Morgan fingerprint density at radius 1 is 1.23 bits per heavy atom. The van der Waals surface area contributed by atoms with E-state index in [0.29, 0.717) is 19.3 Å². The van der Waals surface area contributed by atoms with Gasteiger partial charge in [0.2, 0.25) is 0 Å². The molecule has 1 aromatic carbocycles. The fourth-order valence-corrected chi connectivity index (χ4v) is 3.36. The van der Waals surface area contributed by atoms with E-state index in [0.717, 1.165) is 63.0 Å². The van der Waals surface area contributed by atoms with Gasteiger partial charge in [0.05, 0.1) is 13.2 Å². The molecule has 2 aromatic rings. The molecule has 30 heavy (non-hydrogen) atoms. The van der Waals surface area contributed by atoms with Crippen LogP contribution in [0.5, 0.6) is 0 Å². The molecule has 8 nitrogen and oxygen atoms in total. The number of nitrogens with one attached hydrogen (secondary N) is 2. The third kappa shape index (κ3) is 7.84. The molecule has 0 fully saturated rings. The number of hydrogen-bond donors (Lipinski definition) is 2. The Morgan fingerprint density at radius 3 is 2.83 bits per heavy atom. The molecule has 1 aliphatic rings. The molecular weight excluding hydrogens is 495 g/mol. The van der Waals surface area contributed by atoms with Crippen molar-refractivity contribution in [1.82, 2.24) is 25.4 Å². The van der Waals surface area contributed by atoms with Crippen LogP contribution in [0.3, 0.4) is 0 Å². The zero-order valence-corrected chi connectivity index (χ0v) is 20.2. The molecule has 1 atom stereocenters. The van der Waals surface area contributed by atoms with Crippen molar-refractivity contribution in [3.05, 3.63) is 47.5 Å². The van der Waals surface area contributed by atoms with Gasteiger partial charge in [0, 0.05) is 39.8 Å². The van der Waals surface area contributed by atoms with Crippen LogP contribution in [-0.4, -0.2) is 54.1 Å². The zero-order valence-electron chi connectivity index (χ0n) is 17.8. The quantitative estimate of drug-likeness (QED) is 0.214. The summed E-state index contributed by atoms with van der Waals surface area (Å²) in [6, 6.07) is 10.6. The number of guanidine groups is 1. The lowest BCUT2D eigenvalue weighted by molar-refractivity contribution is 0.117. The van der Waals surface area contributed by atoms with Crippen LogP contribution in [-0.2, 0) is 35.7 Å². The minimum atomic E-state index is 0. The van der Waals surface area contributed by atoms with E-state index in [2.05, 4.69) is 37.8 Å². The average molecular weight is 528 g/mol. The third-order valence-corrected chi connectivity index (χ3v) is 4.86. The summed E-state index contributed by atoms with van der Waals surface area (Å²) in [5, 5.41) is 11.4. The largest absolute Gasteiger partial charge is 0.377 e. The molecular formula is C21H33IN6O2. The molecule has 0 saturated carbocycles. The zero-order chi connectivity index (χ0) is 20.3. The van der Waals surface area contributed by atoms with Crippen LogP contribution >= 0.6 is 24.0 Å². The van der Waals surface area contributed by atoms with E-state index in [1.54, 1.807) is 14.2 Å². The van der Waals surface area contributed by atoms with Crippen molar-refractivity contribution in [2.24, 2.45) is 4.99 Å². The molecule has 0 saturated heterocycles. The fraction of sp³-hybridized carbons (Fsp3) is 0.571. The number of halogens is 1. The van der Waals surface area contributed by atoms with Crippen molar-refractivity contribution < 1.29 is 9.47 Å². The summed E-state index contributed by atoms with van der Waals surface area (Å²) in [7, 11) is 3.47. The van der Waals surface area contributed by atoms with Gasteiger partial charge < -0.3 is 20.1 Å². The van der Waals surface area contributed by atoms with Crippen LogP contribution in [0.2, 0.25) is 0 Å². The topological polar surface area (TPSA) is 85.6 Å². The number of aromatic nitrogens is 3. The first-order valence-corrected chi connectivity index (χ1v) is 10.3. The number of benzene rings is 1. The number of fused-ring (bicyclic) bond motifs is 1. The van der Waals surface area contributed by atoms with Crippen LogP contribution in [0.4, 0.5) is 0 Å². The molecule has 0 radical (unpaired) electrons. The number of unbranched alkanes of at least 4 members (excludes halogenated alkanes) is 1. The Labute approximate surface area is 195 Å². The van der Waals surface area contributed by atoms with E-state index in [9.17, 15) is 0 Å². The van der Waals surface area contributed by atoms with Gasteiger partial charge in [-0.25, -0.2) is 9.67 Å². The van der Waals surface area contributed by atoms with Crippen molar-refractivity contribution in [1.29, 1.82) is 0 Å². The maximum Gasteiger partial charge on any atom is 0.191 e. The van der Waals surface area contributed by atoms with E-state index in [4.69, 9.17) is 9.47 Å². The number of aliphatic imine (C=N–C) groups is 1. The van der Waals surface area contributed by atoms with Crippen molar-refractivity contribution in [2.45, 2.75) is 51.5 Å². The summed E-state index contributed by atoms with van der Waals surface area (Å²) in [5.41, 5.74) is 1.22. The van der Waals surface area contributed by atoms with Gasteiger partial charge in [-0.3, -0.25) is 4.99 Å². The summed E-state index contributed by atoms with van der Waals surface area (Å²) in [6.07, 6.45) is 3.97. The molecule has 1 aromatic heterocycles. The predicted octanol–water partition coefficient (Wildman–Crippen LogP) is 2.52. The highest BCUT2D eigenvalue weighted by atomic mass is 127. The second kappa shape index (κ2) is 13.6. The van der Waals surface area contributed by atoms with Gasteiger partial charge in [-0.1, -0.05) is 30.3 Å². The molecule has 1 unspecified atom stereocenters. The standard InChI is InChI=1S/C21H32N6O2.HI/c1-22-21(23-12-6-7-13-29-15-17-8-4-3-5-9-17)24-18-10-11-20-25-19(16-28-2)26-27(20)14-18;/h3-5,8-9,18H,6-7,10-16H2,1-2H3,(H2,22,23,24);1H. The third-order valence-electron chi connectivity index (χ3n) is 4.86. The van der Waals surface area contributed by atoms with Crippen molar-refractivity contribution in [3.63, 3.8) is 0 Å². The highest BCUT2D eigenvalue weighted by Crippen LogP contribution is 2.13. The Morgan fingerprint density at radius 2 is 2.07 bits per heavy atom. The average Bonchev–Trinajstić information content (AvgIpc) is 3.15. The van der Waals surface area contributed by atoms with Gasteiger partial charge in [0.15, 0.2) is 11.8 Å². The van der Waals surface area contributed by atoms with Gasteiger partial charge in [0.1, 0.15) is 12.4 Å². The highest BCUT2D eigenvalue weighted by molar-refractivity contribution is 14.0. The Hall–Kier alpha value is -1.72. The first-order valence-electron chi connectivity index (χ1n) is 10.3. The van der Waals surface area contributed by atoms with Gasteiger partial charge >= 0.3 is 0 Å². The lowest BCUT2D eigenvalue weighted by Crippen LogP contribution is -2.47. The summed E-state index contributed by atoms with van der Waals surface area (Å²) >= 11 is 0. The maximum atomic E-state index is 5.73. The Bertz CT molecular complexity index is 768. The van der Waals surface area contributed by atoms with E-state index in [1.807, 2.05) is 22.9 Å². The van der Waals surface area contributed by atoms with E-state index in [-0.39, 0.29) is 24.0 Å². The minimum Gasteiger partial charge on any atom is -0.377 e. The van der Waals surface area contributed by atoms with Crippen molar-refractivity contribution in [2.75, 3.05) is 27.3 Å². The highest BCUT2D eigenvalue weighted by Gasteiger charge is 2.22. The lowest BCUT2D eigenvalue weighted by atomic mass is 10.1. The SMILES string of the molecule is CN=C(NCCCCOCc1ccccc1)NC1CCc2nc(COC)nn2C1.I. The number of nitrogens with zero attached hydrogens (tertiary/aromatic N) is 4. The van der Waals surface area contributed by atoms with Crippen LogP contribution in [0.25, 0.3) is 0 Å². The number of hydrogen-bond acceptors (Lipinski definition) is 5. The van der Waals surface area contributed by atoms with Crippen molar-refractivity contribution in [3.8, 4) is 0 Å². The second-order valence-electron chi connectivity index (χ2n) is 7.18. The molecule has 9 heteroatoms. The van der Waals surface area contributed by atoms with Crippen LogP contribution in [0.1, 0.15) is 36.5 Å². The summed E-state index contributed by atoms with van der Waals surface area (Å²) in [4.78, 5) is 8.86. The van der Waals surface area contributed by atoms with Gasteiger partial charge in [-0.05, 0) is 24.8 Å². The smallest absolute Gasteiger partial charge is 0.191 e. The number of methoxy groups -OCH3 is 1. The van der Waals surface area contributed by atoms with E-state index in [1.165, 1.54) is 5.56 Å². The molecule has 2 heterocycles. The molecule has 3 rings (SSSR count). The molecule has 0 amide bonds. The Kier molecular flexibility index (Phi) is 11.1. The van der Waals surface area contributed by atoms with Crippen LogP contribution in [0, 0.1) is 0 Å². The summed E-state index contributed by atoms with van der Waals surface area (Å²) in [5.74, 6) is 2.62. The molecule has 0 spiro atoms. The first-order chi connectivity index (χ1) is 14.3. The molecule has 0 bridgehead atoms. The number of rotatable bonds is 10. The number of aryl methyl sites for hydroxylation is 1. The monoisotopic (exact) mass is 528 g/mol. The number of ether oxygens (including phenoxy) is 2. The molecule has 0 aliphatic carbocycles. The maximum absolute atomic E-state index is 5.73. The van der Waals surface area contributed by atoms with Gasteiger partial charge in [0.25, 0.3) is 0 Å². The fourth-order valence-electron chi connectivity index (χ4n) is 3.36. The van der Waals surface area contributed by atoms with Crippen LogP contribution < -0.4 is 10.6 Å². The van der Waals surface area contributed by atoms with E-state index >= 15 is 0 Å². The lowest BCUT2D eigenvalue weighted by Gasteiger charge is -2.25. The summed E-state index contributed by atoms with van der Waals surface area (Å²) < 4.78 is 12.8. The van der Waals surface area contributed by atoms with E-state index < -0.39 is 0 Å². The Balaban J connectivity index is 0.00000320. The summed E-state index contributed by atoms with van der Waals surface area (Å²) in [6.45, 7) is 3.56. The predicted molar refractivity (Wildman–Crippen MR) is 128 cm³/mol. The molecule has 166 valence electrons. The minimum absolute atomic E-state index is 0.